The molecule has 0 aliphatic heterocycles. The van der Waals surface area contributed by atoms with E-state index in [1.165, 1.54) is 23.7 Å². The van der Waals surface area contributed by atoms with Gasteiger partial charge in [0.2, 0.25) is 10.0 Å². The Balaban J connectivity index is 1.90. The zero-order valence-electron chi connectivity index (χ0n) is 11.1. The first-order valence-corrected chi connectivity index (χ1v) is 8.58. The second-order valence-electron chi connectivity index (χ2n) is 4.17. The summed E-state index contributed by atoms with van der Waals surface area (Å²) in [6.45, 7) is 1.69. The third kappa shape index (κ3) is 4.10. The zero-order valence-corrected chi connectivity index (χ0v) is 12.7. The van der Waals surface area contributed by atoms with Crippen molar-refractivity contribution < 1.29 is 8.42 Å². The minimum absolute atomic E-state index is 0.187. The second kappa shape index (κ2) is 6.93. The number of thiazole rings is 1. The Bertz CT molecular complexity index is 621. The summed E-state index contributed by atoms with van der Waals surface area (Å²) in [5.74, 6) is 0. The minimum atomic E-state index is -3.50. The van der Waals surface area contributed by atoms with E-state index in [9.17, 15) is 8.42 Å². The van der Waals surface area contributed by atoms with Crippen molar-refractivity contribution in [3.05, 3.63) is 29.0 Å². The molecular weight excluding hydrogens is 298 g/mol. The van der Waals surface area contributed by atoms with E-state index in [0.717, 1.165) is 12.2 Å². The molecule has 0 spiro atoms. The number of aromatic nitrogens is 3. The Kier molecular flexibility index (Phi) is 5.24. The van der Waals surface area contributed by atoms with E-state index in [2.05, 4.69) is 20.1 Å². The molecule has 9 heteroatoms. The summed E-state index contributed by atoms with van der Waals surface area (Å²) >= 11 is 1.50. The average molecular weight is 315 g/mol. The third-order valence-electron chi connectivity index (χ3n) is 2.67. The Morgan fingerprint density at radius 3 is 2.95 bits per heavy atom. The standard InChI is InChI=1S/C11H17N5O2S2/c1-12-4-5-16-7-11(6-14-16)20(17,18)15-3-2-10-8-19-9-13-10/h6-9,12,15H,2-5H2,1H3. The lowest BCUT2D eigenvalue weighted by atomic mass is 10.3. The third-order valence-corrected chi connectivity index (χ3v) is 4.72. The monoisotopic (exact) mass is 315 g/mol. The van der Waals surface area contributed by atoms with Gasteiger partial charge < -0.3 is 5.32 Å². The number of nitrogens with one attached hydrogen (secondary N) is 2. The molecule has 2 rings (SSSR count). The van der Waals surface area contributed by atoms with Crippen molar-refractivity contribution in [3.63, 3.8) is 0 Å². The average Bonchev–Trinajstić information content (AvgIpc) is 3.07. The molecule has 2 aromatic heterocycles. The summed E-state index contributed by atoms with van der Waals surface area (Å²) in [7, 11) is -1.66. The summed E-state index contributed by atoms with van der Waals surface area (Å²) in [6, 6.07) is 0. The number of nitrogens with zero attached hydrogens (tertiary/aromatic N) is 3. The molecule has 0 atom stereocenters. The van der Waals surface area contributed by atoms with Gasteiger partial charge in [0.15, 0.2) is 0 Å². The highest BCUT2D eigenvalue weighted by Gasteiger charge is 2.15. The molecule has 2 aromatic rings. The normalized spacial score (nSPS) is 11.8. The van der Waals surface area contributed by atoms with Crippen molar-refractivity contribution in [3.8, 4) is 0 Å². The van der Waals surface area contributed by atoms with Crippen LogP contribution in [0.25, 0.3) is 0 Å². The predicted molar refractivity (Wildman–Crippen MR) is 77.2 cm³/mol. The van der Waals surface area contributed by atoms with Gasteiger partial charge in [0.1, 0.15) is 4.90 Å². The molecule has 2 heterocycles. The molecule has 0 fully saturated rings. The maximum Gasteiger partial charge on any atom is 0.243 e. The largest absolute Gasteiger partial charge is 0.318 e. The van der Waals surface area contributed by atoms with E-state index in [4.69, 9.17) is 0 Å². The number of hydrogen-bond acceptors (Lipinski definition) is 6. The molecule has 0 aromatic carbocycles. The van der Waals surface area contributed by atoms with Gasteiger partial charge >= 0.3 is 0 Å². The maximum absolute atomic E-state index is 12.0. The van der Waals surface area contributed by atoms with Gasteiger partial charge in [-0.3, -0.25) is 4.68 Å². The first kappa shape index (κ1) is 15.1. The zero-order chi connectivity index (χ0) is 14.4. The molecular formula is C11H17N5O2S2. The van der Waals surface area contributed by atoms with Crippen molar-refractivity contribution in [2.45, 2.75) is 17.9 Å². The summed E-state index contributed by atoms with van der Waals surface area (Å²) in [5, 5.41) is 8.91. The Morgan fingerprint density at radius 1 is 1.40 bits per heavy atom. The van der Waals surface area contributed by atoms with Gasteiger partial charge in [0, 0.05) is 31.1 Å². The molecule has 0 saturated carbocycles. The van der Waals surface area contributed by atoms with Gasteiger partial charge in [0.05, 0.1) is 23.9 Å². The number of rotatable bonds is 8. The van der Waals surface area contributed by atoms with Crippen LogP contribution in [0, 0.1) is 0 Å². The Hall–Kier alpha value is -1.29. The van der Waals surface area contributed by atoms with Crippen LogP contribution in [-0.2, 0) is 23.0 Å². The van der Waals surface area contributed by atoms with Gasteiger partial charge in [-0.15, -0.1) is 11.3 Å². The van der Waals surface area contributed by atoms with Gasteiger partial charge in [-0.05, 0) is 7.05 Å². The molecule has 0 aliphatic rings. The summed E-state index contributed by atoms with van der Waals surface area (Å²) in [5.41, 5.74) is 2.62. The highest BCUT2D eigenvalue weighted by molar-refractivity contribution is 7.89. The van der Waals surface area contributed by atoms with E-state index >= 15 is 0 Å². The van der Waals surface area contributed by atoms with Crippen molar-refractivity contribution in [1.29, 1.82) is 0 Å². The molecule has 2 N–H and O–H groups in total. The summed E-state index contributed by atoms with van der Waals surface area (Å²) in [4.78, 5) is 4.29. The molecule has 0 unspecified atom stereocenters. The van der Waals surface area contributed by atoms with Crippen LogP contribution in [0.3, 0.4) is 0 Å². The van der Waals surface area contributed by atoms with Crippen LogP contribution in [0.5, 0.6) is 0 Å². The second-order valence-corrected chi connectivity index (χ2v) is 6.66. The molecule has 110 valence electrons. The van der Waals surface area contributed by atoms with Crippen LogP contribution in [0.4, 0.5) is 0 Å². The van der Waals surface area contributed by atoms with Crippen molar-refractivity contribution in [1.82, 2.24) is 24.8 Å². The van der Waals surface area contributed by atoms with Crippen molar-refractivity contribution in [2.75, 3.05) is 20.1 Å². The fourth-order valence-corrected chi connectivity index (χ4v) is 3.17. The maximum atomic E-state index is 12.0. The van der Waals surface area contributed by atoms with Gasteiger partial charge in [0.25, 0.3) is 0 Å². The van der Waals surface area contributed by atoms with Crippen LogP contribution in [-0.4, -0.2) is 43.3 Å². The number of hydrogen-bond donors (Lipinski definition) is 2. The van der Waals surface area contributed by atoms with E-state index in [1.807, 2.05) is 12.4 Å². The molecule has 0 amide bonds. The number of sulfonamides is 1. The molecule has 0 radical (unpaired) electrons. The fraction of sp³-hybridized carbons (Fsp3) is 0.455. The van der Waals surface area contributed by atoms with E-state index in [1.54, 1.807) is 10.2 Å². The molecule has 0 aliphatic carbocycles. The predicted octanol–water partition coefficient (Wildman–Crippen LogP) is 0.0800. The first-order valence-electron chi connectivity index (χ1n) is 6.15. The fourth-order valence-electron chi connectivity index (χ4n) is 1.59. The van der Waals surface area contributed by atoms with Crippen LogP contribution in [0.15, 0.2) is 28.2 Å². The van der Waals surface area contributed by atoms with Crippen molar-refractivity contribution >= 4 is 21.4 Å². The summed E-state index contributed by atoms with van der Waals surface area (Å²) in [6.07, 6.45) is 3.47. The molecule has 0 saturated heterocycles. The lowest BCUT2D eigenvalue weighted by molar-refractivity contribution is 0.576. The number of likely N-dealkylation sites (N-methyl/N-ethyl adjacent to an activating group) is 1. The Morgan fingerprint density at radius 2 is 2.25 bits per heavy atom. The van der Waals surface area contributed by atoms with Crippen molar-refractivity contribution in [2.24, 2.45) is 0 Å². The lowest BCUT2D eigenvalue weighted by Gasteiger charge is -2.03. The van der Waals surface area contributed by atoms with E-state index < -0.39 is 10.0 Å². The molecule has 7 nitrogen and oxygen atoms in total. The first-order chi connectivity index (χ1) is 9.62. The van der Waals surface area contributed by atoms with Crippen LogP contribution in [0.2, 0.25) is 0 Å². The molecule has 20 heavy (non-hydrogen) atoms. The quantitative estimate of drug-likeness (QED) is 0.720. The molecule has 0 bridgehead atoms. The highest BCUT2D eigenvalue weighted by atomic mass is 32.2. The van der Waals surface area contributed by atoms with Crippen LogP contribution in [0.1, 0.15) is 5.69 Å². The van der Waals surface area contributed by atoms with Gasteiger partial charge in [-0.1, -0.05) is 0 Å². The van der Waals surface area contributed by atoms with E-state index in [0.29, 0.717) is 19.5 Å². The van der Waals surface area contributed by atoms with Crippen LogP contribution >= 0.6 is 11.3 Å². The van der Waals surface area contributed by atoms with E-state index in [-0.39, 0.29) is 4.90 Å². The summed E-state index contributed by atoms with van der Waals surface area (Å²) < 4.78 is 28.3. The van der Waals surface area contributed by atoms with Gasteiger partial charge in [-0.25, -0.2) is 18.1 Å². The topological polar surface area (TPSA) is 88.9 Å². The highest BCUT2D eigenvalue weighted by Crippen LogP contribution is 2.07. The minimum Gasteiger partial charge on any atom is -0.318 e. The lowest BCUT2D eigenvalue weighted by Crippen LogP contribution is -2.25. The Labute approximate surface area is 122 Å². The van der Waals surface area contributed by atoms with Crippen LogP contribution < -0.4 is 10.0 Å². The SMILES string of the molecule is CNCCn1cc(S(=O)(=O)NCCc2cscn2)cn1. The smallest absolute Gasteiger partial charge is 0.243 e. The van der Waals surface area contributed by atoms with Gasteiger partial charge in [-0.2, -0.15) is 5.10 Å².